The average molecular weight is 490 g/mol. The van der Waals surface area contributed by atoms with Gasteiger partial charge in [-0.2, -0.15) is 0 Å². The molecule has 4 aromatic carbocycles. The van der Waals surface area contributed by atoms with Crippen LogP contribution in [0.25, 0.3) is 10.8 Å². The van der Waals surface area contributed by atoms with Gasteiger partial charge in [-0.05, 0) is 77.5 Å². The van der Waals surface area contributed by atoms with E-state index in [2.05, 4.69) is 35.6 Å². The molecule has 3 unspecified atom stereocenters. The van der Waals surface area contributed by atoms with Crippen LogP contribution in [0.5, 0.6) is 0 Å². The summed E-state index contributed by atoms with van der Waals surface area (Å²) >= 11 is 0. The molecule has 1 heterocycles. The third kappa shape index (κ3) is 5.72. The second-order valence-corrected chi connectivity index (χ2v) is 8.99. The molecular formula is C30H29ClFNO2. The van der Waals surface area contributed by atoms with Gasteiger partial charge in [-0.25, -0.2) is 9.18 Å². The lowest BCUT2D eigenvalue weighted by molar-refractivity contribution is 0.0435. The Balaban J connectivity index is 0.00000289. The second kappa shape index (κ2) is 11.5. The zero-order valence-corrected chi connectivity index (χ0v) is 20.2. The molecule has 5 heteroatoms. The molecule has 0 bridgehead atoms. The molecule has 3 nitrogen and oxygen atoms in total. The van der Waals surface area contributed by atoms with Gasteiger partial charge in [0.2, 0.25) is 0 Å². The van der Waals surface area contributed by atoms with E-state index in [1.54, 1.807) is 12.1 Å². The summed E-state index contributed by atoms with van der Waals surface area (Å²) in [6.45, 7) is 2.01. The van der Waals surface area contributed by atoms with Crippen LogP contribution in [0.15, 0.2) is 97.1 Å². The van der Waals surface area contributed by atoms with Crippen molar-refractivity contribution < 1.29 is 13.9 Å². The number of rotatable bonds is 6. The Morgan fingerprint density at radius 2 is 1.63 bits per heavy atom. The van der Waals surface area contributed by atoms with Crippen LogP contribution in [-0.2, 0) is 4.74 Å². The molecule has 1 saturated heterocycles. The fraction of sp³-hybridized carbons (Fsp3) is 0.233. The number of carbonyl (C=O) groups excluding carboxylic acids is 1. The number of hydrogen-bond acceptors (Lipinski definition) is 3. The van der Waals surface area contributed by atoms with Crippen molar-refractivity contribution in [2.45, 2.75) is 18.3 Å². The van der Waals surface area contributed by atoms with Gasteiger partial charge in [-0.1, -0.05) is 72.8 Å². The Bertz CT molecular complexity index is 1260. The summed E-state index contributed by atoms with van der Waals surface area (Å²) in [6.07, 6.45) is 0.951. The molecule has 1 fully saturated rings. The average Bonchev–Trinajstić information content (AvgIpc) is 2.90. The lowest BCUT2D eigenvalue weighted by Gasteiger charge is -2.38. The number of benzene rings is 4. The molecule has 180 valence electrons. The molecule has 1 N–H and O–H groups in total. The number of carbonyl (C=O) groups is 1. The Hall–Kier alpha value is -3.21. The summed E-state index contributed by atoms with van der Waals surface area (Å²) in [6, 6.07) is 30.8. The van der Waals surface area contributed by atoms with Crippen molar-refractivity contribution in [3.8, 4) is 0 Å². The summed E-state index contributed by atoms with van der Waals surface area (Å²) in [5, 5.41) is 5.89. The van der Waals surface area contributed by atoms with Crippen LogP contribution in [0, 0.1) is 11.7 Å². The topological polar surface area (TPSA) is 38.3 Å². The van der Waals surface area contributed by atoms with Gasteiger partial charge in [0, 0.05) is 5.92 Å². The van der Waals surface area contributed by atoms with E-state index >= 15 is 0 Å². The molecular weight excluding hydrogens is 461 g/mol. The number of piperidine rings is 1. The molecule has 3 atom stereocenters. The van der Waals surface area contributed by atoms with Gasteiger partial charge in [0.05, 0.1) is 12.2 Å². The minimum absolute atomic E-state index is 0. The molecule has 0 spiro atoms. The van der Waals surface area contributed by atoms with E-state index in [1.165, 1.54) is 22.9 Å². The highest BCUT2D eigenvalue weighted by molar-refractivity contribution is 5.89. The molecule has 35 heavy (non-hydrogen) atoms. The monoisotopic (exact) mass is 489 g/mol. The molecule has 1 aliphatic heterocycles. The molecule has 0 radical (unpaired) electrons. The molecule has 0 amide bonds. The number of ether oxygens (including phenoxy) is 1. The molecule has 4 aromatic rings. The zero-order chi connectivity index (χ0) is 23.3. The number of nitrogens with one attached hydrogen (secondary N) is 1. The van der Waals surface area contributed by atoms with Crippen LogP contribution in [0.2, 0.25) is 0 Å². The van der Waals surface area contributed by atoms with Crippen molar-refractivity contribution in [1.82, 2.24) is 5.32 Å². The van der Waals surface area contributed by atoms with Gasteiger partial charge in [-0.3, -0.25) is 0 Å². The van der Waals surface area contributed by atoms with Crippen molar-refractivity contribution >= 4 is 29.1 Å². The van der Waals surface area contributed by atoms with E-state index in [0.29, 0.717) is 5.56 Å². The predicted molar refractivity (Wildman–Crippen MR) is 141 cm³/mol. The van der Waals surface area contributed by atoms with Crippen molar-refractivity contribution in [1.29, 1.82) is 0 Å². The van der Waals surface area contributed by atoms with Gasteiger partial charge in [-0.15, -0.1) is 12.4 Å². The maximum absolute atomic E-state index is 13.6. The Labute approximate surface area is 211 Å². The number of fused-ring (bicyclic) bond motifs is 1. The predicted octanol–water partition coefficient (Wildman–Crippen LogP) is 6.73. The molecule has 0 aromatic heterocycles. The van der Waals surface area contributed by atoms with E-state index in [0.717, 1.165) is 30.6 Å². The van der Waals surface area contributed by atoms with E-state index < -0.39 is 0 Å². The SMILES string of the molecule is Cl.O=C(OCC(c1ccc2ccccc2c1)C1CNCCC1c1ccc(F)cc1)c1ccccc1. The van der Waals surface area contributed by atoms with E-state index in [-0.39, 0.29) is 48.6 Å². The summed E-state index contributed by atoms with van der Waals surface area (Å²) in [4.78, 5) is 12.8. The molecule has 1 aliphatic rings. The first-order valence-electron chi connectivity index (χ1n) is 11.9. The van der Waals surface area contributed by atoms with E-state index in [9.17, 15) is 9.18 Å². The van der Waals surface area contributed by atoms with Crippen molar-refractivity contribution in [3.63, 3.8) is 0 Å². The highest BCUT2D eigenvalue weighted by Gasteiger charge is 2.34. The highest BCUT2D eigenvalue weighted by Crippen LogP contribution is 2.40. The Kier molecular flexibility index (Phi) is 8.17. The third-order valence-electron chi connectivity index (χ3n) is 6.95. The van der Waals surface area contributed by atoms with Crippen LogP contribution >= 0.6 is 12.4 Å². The number of halogens is 2. The maximum atomic E-state index is 13.6. The quantitative estimate of drug-likeness (QED) is 0.305. The van der Waals surface area contributed by atoms with Crippen LogP contribution < -0.4 is 5.32 Å². The second-order valence-electron chi connectivity index (χ2n) is 8.99. The van der Waals surface area contributed by atoms with Crippen molar-refractivity contribution in [2.24, 2.45) is 5.92 Å². The van der Waals surface area contributed by atoms with Crippen molar-refractivity contribution in [2.75, 3.05) is 19.7 Å². The lowest BCUT2D eigenvalue weighted by Crippen LogP contribution is -2.40. The van der Waals surface area contributed by atoms with Crippen LogP contribution in [-0.4, -0.2) is 25.7 Å². The van der Waals surface area contributed by atoms with Crippen LogP contribution in [0.3, 0.4) is 0 Å². The summed E-state index contributed by atoms with van der Waals surface area (Å²) in [5.74, 6) is -0.0941. The minimum Gasteiger partial charge on any atom is -0.461 e. The fourth-order valence-electron chi connectivity index (χ4n) is 5.16. The standard InChI is InChI=1S/C30H28FNO2.ClH/c31-26-14-12-22(13-15-26)27-16-17-32-19-28(27)29(20-34-30(33)23-7-2-1-3-8-23)25-11-10-21-6-4-5-9-24(21)18-25;/h1-15,18,27-29,32H,16-17,19-20H2;1H. The summed E-state index contributed by atoms with van der Waals surface area (Å²) in [7, 11) is 0. The van der Waals surface area contributed by atoms with Gasteiger partial charge < -0.3 is 10.1 Å². The molecule has 0 aliphatic carbocycles. The maximum Gasteiger partial charge on any atom is 0.338 e. The zero-order valence-electron chi connectivity index (χ0n) is 19.4. The first kappa shape index (κ1) is 24.9. The number of esters is 1. The minimum atomic E-state index is -0.312. The normalized spacial score (nSPS) is 18.4. The van der Waals surface area contributed by atoms with Gasteiger partial charge >= 0.3 is 5.97 Å². The van der Waals surface area contributed by atoms with Gasteiger partial charge in [0.25, 0.3) is 0 Å². The fourth-order valence-corrected chi connectivity index (χ4v) is 5.16. The largest absolute Gasteiger partial charge is 0.461 e. The third-order valence-corrected chi connectivity index (χ3v) is 6.95. The molecule has 0 saturated carbocycles. The summed E-state index contributed by atoms with van der Waals surface area (Å²) < 4.78 is 19.5. The van der Waals surface area contributed by atoms with Gasteiger partial charge in [0.15, 0.2) is 0 Å². The van der Waals surface area contributed by atoms with E-state index in [1.807, 2.05) is 42.5 Å². The summed E-state index contributed by atoms with van der Waals surface area (Å²) in [5.41, 5.74) is 2.84. The van der Waals surface area contributed by atoms with Crippen molar-refractivity contribution in [3.05, 3.63) is 120 Å². The Morgan fingerprint density at radius 3 is 2.40 bits per heavy atom. The molecule has 5 rings (SSSR count). The Morgan fingerprint density at radius 1 is 0.914 bits per heavy atom. The number of hydrogen-bond donors (Lipinski definition) is 1. The van der Waals surface area contributed by atoms with Gasteiger partial charge in [0.1, 0.15) is 5.82 Å². The smallest absolute Gasteiger partial charge is 0.338 e. The lowest BCUT2D eigenvalue weighted by atomic mass is 9.72. The highest BCUT2D eigenvalue weighted by atomic mass is 35.5. The van der Waals surface area contributed by atoms with Crippen LogP contribution in [0.4, 0.5) is 4.39 Å². The first-order chi connectivity index (χ1) is 16.7. The first-order valence-corrected chi connectivity index (χ1v) is 11.9. The van der Waals surface area contributed by atoms with E-state index in [4.69, 9.17) is 4.74 Å². The van der Waals surface area contributed by atoms with Crippen LogP contribution in [0.1, 0.15) is 39.7 Å².